The lowest BCUT2D eigenvalue weighted by Gasteiger charge is -2.45. The van der Waals surface area contributed by atoms with E-state index in [-0.39, 0.29) is 30.0 Å². The number of amides is 1. The summed E-state index contributed by atoms with van der Waals surface area (Å²) >= 11 is 13.0. The second-order valence-corrected chi connectivity index (χ2v) is 9.17. The highest BCUT2D eigenvalue weighted by Gasteiger charge is 2.39. The van der Waals surface area contributed by atoms with E-state index in [0.29, 0.717) is 17.2 Å². The van der Waals surface area contributed by atoms with Crippen LogP contribution in [0.5, 0.6) is 11.5 Å². The summed E-state index contributed by atoms with van der Waals surface area (Å²) in [4.78, 5) is 27.6. The van der Waals surface area contributed by atoms with Gasteiger partial charge in [-0.15, -0.1) is 0 Å². The van der Waals surface area contributed by atoms with Gasteiger partial charge in [0.2, 0.25) is 5.43 Å². The van der Waals surface area contributed by atoms with Gasteiger partial charge in [-0.05, 0) is 24.1 Å². The third kappa shape index (κ3) is 3.94. The molecular formula is C26H23Cl2N3O4. The van der Waals surface area contributed by atoms with E-state index in [1.54, 1.807) is 15.6 Å². The molecule has 180 valence electrons. The third-order valence-electron chi connectivity index (χ3n) is 6.38. The average Bonchev–Trinajstić information content (AvgIpc) is 2.89. The fraction of sp³-hybridized carbons (Fsp3) is 0.231. The first-order valence-electron chi connectivity index (χ1n) is 11.3. The lowest BCUT2D eigenvalue weighted by molar-refractivity contribution is 0.0626. The van der Waals surface area contributed by atoms with Crippen LogP contribution in [0.2, 0.25) is 10.0 Å². The highest BCUT2D eigenvalue weighted by Crippen LogP contribution is 2.43. The van der Waals surface area contributed by atoms with Gasteiger partial charge in [-0.3, -0.25) is 19.3 Å². The van der Waals surface area contributed by atoms with E-state index in [2.05, 4.69) is 0 Å². The number of carbonyl (C=O) groups excluding carboxylic acids is 1. The number of hydrogen-bond donors (Lipinski definition) is 1. The van der Waals surface area contributed by atoms with Crippen molar-refractivity contribution < 1.29 is 14.6 Å². The van der Waals surface area contributed by atoms with Crippen molar-refractivity contribution in [3.63, 3.8) is 0 Å². The Bertz CT molecular complexity index is 1370. The molecule has 1 amide bonds. The van der Waals surface area contributed by atoms with Crippen LogP contribution in [0.15, 0.2) is 71.7 Å². The lowest BCUT2D eigenvalue weighted by atomic mass is 9.96. The van der Waals surface area contributed by atoms with Gasteiger partial charge in [-0.1, -0.05) is 72.6 Å². The molecule has 1 unspecified atom stereocenters. The zero-order chi connectivity index (χ0) is 24.7. The topological polar surface area (TPSA) is 75.0 Å². The molecule has 2 aromatic carbocycles. The molecule has 2 atom stereocenters. The largest absolute Gasteiger partial charge is 0.502 e. The highest BCUT2D eigenvalue weighted by molar-refractivity contribution is 6.43. The van der Waals surface area contributed by atoms with E-state index in [9.17, 15) is 14.7 Å². The Morgan fingerprint density at radius 1 is 1.09 bits per heavy atom. The van der Waals surface area contributed by atoms with Gasteiger partial charge in [-0.25, -0.2) is 0 Å². The van der Waals surface area contributed by atoms with Gasteiger partial charge in [0, 0.05) is 17.8 Å². The van der Waals surface area contributed by atoms with Gasteiger partial charge in [0.15, 0.2) is 11.4 Å². The number of rotatable bonds is 2. The van der Waals surface area contributed by atoms with Crippen molar-refractivity contribution in [3.8, 4) is 11.5 Å². The van der Waals surface area contributed by atoms with E-state index in [4.69, 9.17) is 27.9 Å². The average molecular weight is 512 g/mol. The second kappa shape index (κ2) is 9.32. The standard InChI is InChI=1S/C26H23Cl2N3O4/c1-2-17-9-6-14-35-25-18(10-11-19(27)21(25)28)22(16-7-4-3-5-8-16)31-15-29(17)26(34)23-24(33)20(32)12-13-30(23)31/h3-13,17,22,33H,2,14-15H2,1H3/b9-6-/t17-,22?/m1/s1. The lowest BCUT2D eigenvalue weighted by Crippen LogP contribution is -2.57. The third-order valence-corrected chi connectivity index (χ3v) is 7.17. The van der Waals surface area contributed by atoms with Gasteiger partial charge in [-0.2, -0.15) is 0 Å². The van der Waals surface area contributed by atoms with E-state index < -0.39 is 23.1 Å². The normalized spacial score (nSPS) is 20.4. The number of hydrogen-bond acceptors (Lipinski definition) is 5. The number of aromatic nitrogens is 1. The predicted octanol–water partition coefficient (Wildman–Crippen LogP) is 4.73. The van der Waals surface area contributed by atoms with Gasteiger partial charge < -0.3 is 14.7 Å². The summed E-state index contributed by atoms with van der Waals surface area (Å²) in [6.07, 6.45) is 5.87. The van der Waals surface area contributed by atoms with Gasteiger partial charge in [0.1, 0.15) is 30.1 Å². The molecule has 0 radical (unpaired) electrons. The number of pyridine rings is 1. The van der Waals surface area contributed by atoms with Crippen molar-refractivity contribution in [2.45, 2.75) is 25.4 Å². The van der Waals surface area contributed by atoms with Crippen molar-refractivity contribution >= 4 is 29.1 Å². The highest BCUT2D eigenvalue weighted by atomic mass is 35.5. The van der Waals surface area contributed by atoms with Crippen molar-refractivity contribution in [2.75, 3.05) is 18.3 Å². The minimum absolute atomic E-state index is 0.0849. The maximum atomic E-state index is 13.6. The van der Waals surface area contributed by atoms with Crippen LogP contribution < -0.4 is 15.2 Å². The summed E-state index contributed by atoms with van der Waals surface area (Å²) in [6.45, 7) is 2.39. The number of carbonyl (C=O) groups is 1. The number of fused-ring (bicyclic) bond motifs is 5. The van der Waals surface area contributed by atoms with Gasteiger partial charge in [0.05, 0.1) is 11.1 Å². The molecule has 0 saturated carbocycles. The number of halogens is 2. The fourth-order valence-corrected chi connectivity index (χ4v) is 5.05. The zero-order valence-corrected chi connectivity index (χ0v) is 20.4. The molecule has 0 saturated heterocycles. The molecule has 1 aromatic heterocycles. The van der Waals surface area contributed by atoms with E-state index >= 15 is 0 Å². The molecule has 5 rings (SSSR count). The summed E-state index contributed by atoms with van der Waals surface area (Å²) < 4.78 is 7.69. The van der Waals surface area contributed by atoms with Gasteiger partial charge in [0.25, 0.3) is 5.91 Å². The van der Waals surface area contributed by atoms with Gasteiger partial charge >= 0.3 is 0 Å². The number of benzene rings is 2. The maximum absolute atomic E-state index is 13.6. The van der Waals surface area contributed by atoms with Crippen LogP contribution in [0.4, 0.5) is 0 Å². The Kier molecular flexibility index (Phi) is 6.21. The van der Waals surface area contributed by atoms with Crippen molar-refractivity contribution in [2.24, 2.45) is 0 Å². The summed E-state index contributed by atoms with van der Waals surface area (Å²) in [5.41, 5.74) is 0.925. The monoisotopic (exact) mass is 511 g/mol. The molecule has 35 heavy (non-hydrogen) atoms. The quantitative estimate of drug-likeness (QED) is 0.503. The Hall–Kier alpha value is -3.42. The SMILES string of the molecule is CC[C@@H]1/C=C\COc2c(ccc(Cl)c2Cl)C(c2ccccc2)N2CN1C(=O)c1c(O)c(=O)ccn12. The summed E-state index contributed by atoms with van der Waals surface area (Å²) in [5.74, 6) is -0.574. The molecule has 2 aliphatic heterocycles. The second-order valence-electron chi connectivity index (χ2n) is 8.39. The van der Waals surface area contributed by atoms with Crippen molar-refractivity contribution in [1.82, 2.24) is 9.58 Å². The minimum atomic E-state index is -0.617. The Morgan fingerprint density at radius 2 is 1.86 bits per heavy atom. The van der Waals surface area contributed by atoms with Crippen LogP contribution in [-0.2, 0) is 0 Å². The first-order valence-corrected chi connectivity index (χ1v) is 12.0. The first-order chi connectivity index (χ1) is 16.9. The molecule has 9 heteroatoms. The molecule has 2 aliphatic rings. The number of aromatic hydroxyl groups is 1. The van der Waals surface area contributed by atoms with Crippen molar-refractivity contribution in [3.05, 3.63) is 104 Å². The molecule has 0 fully saturated rings. The van der Waals surface area contributed by atoms with Crippen LogP contribution in [0.25, 0.3) is 0 Å². The minimum Gasteiger partial charge on any atom is -0.502 e. The first kappa shape index (κ1) is 23.3. The molecule has 1 N–H and O–H groups in total. The molecule has 3 aromatic rings. The Morgan fingerprint density at radius 3 is 2.60 bits per heavy atom. The summed E-state index contributed by atoms with van der Waals surface area (Å²) in [6, 6.07) is 13.7. The number of ether oxygens (including phenoxy) is 1. The van der Waals surface area contributed by atoms with E-state index in [1.165, 1.54) is 12.3 Å². The molecule has 2 bridgehead atoms. The molecule has 7 nitrogen and oxygen atoms in total. The Balaban J connectivity index is 1.84. The van der Waals surface area contributed by atoms with Crippen LogP contribution in [0.1, 0.15) is 41.0 Å². The predicted molar refractivity (Wildman–Crippen MR) is 135 cm³/mol. The summed E-state index contributed by atoms with van der Waals surface area (Å²) in [5, 5.41) is 13.3. The smallest absolute Gasteiger partial charge is 0.278 e. The molecule has 0 aliphatic carbocycles. The molecule has 3 heterocycles. The van der Waals surface area contributed by atoms with Crippen LogP contribution >= 0.6 is 23.2 Å². The van der Waals surface area contributed by atoms with E-state index in [0.717, 1.165) is 11.1 Å². The molecular weight excluding hydrogens is 489 g/mol. The van der Waals surface area contributed by atoms with E-state index in [1.807, 2.05) is 60.5 Å². The van der Waals surface area contributed by atoms with Crippen molar-refractivity contribution in [1.29, 1.82) is 0 Å². The summed E-state index contributed by atoms with van der Waals surface area (Å²) in [7, 11) is 0. The maximum Gasteiger partial charge on any atom is 0.278 e. The molecule has 0 spiro atoms. The van der Waals surface area contributed by atoms with Crippen LogP contribution in [-0.4, -0.2) is 39.9 Å². The number of nitrogens with zero attached hydrogens (tertiary/aromatic N) is 3. The fourth-order valence-electron chi connectivity index (χ4n) is 4.68. The Labute approximate surface area is 212 Å². The zero-order valence-electron chi connectivity index (χ0n) is 18.9. The van der Waals surface area contributed by atoms with Crippen LogP contribution in [0.3, 0.4) is 0 Å². The van der Waals surface area contributed by atoms with Crippen LogP contribution in [0, 0.1) is 0 Å².